The van der Waals surface area contributed by atoms with E-state index < -0.39 is 17.9 Å². The van der Waals surface area contributed by atoms with Gasteiger partial charge in [-0.2, -0.15) is 5.26 Å². The molecule has 2 atom stereocenters. The summed E-state index contributed by atoms with van der Waals surface area (Å²) in [6, 6.07) is 7.09. The van der Waals surface area contributed by atoms with Crippen LogP contribution in [0.15, 0.2) is 24.3 Å². The van der Waals surface area contributed by atoms with Crippen molar-refractivity contribution in [2.45, 2.75) is 26.3 Å². The van der Waals surface area contributed by atoms with Crippen molar-refractivity contribution in [1.29, 1.82) is 5.26 Å². The van der Waals surface area contributed by atoms with E-state index in [0.717, 1.165) is 0 Å². The van der Waals surface area contributed by atoms with Crippen LogP contribution in [0.5, 0.6) is 0 Å². The van der Waals surface area contributed by atoms with Crippen LogP contribution >= 0.6 is 0 Å². The molecule has 0 heterocycles. The molecular weight excluding hydrogens is 244 g/mol. The van der Waals surface area contributed by atoms with E-state index in [2.05, 4.69) is 5.32 Å². The van der Waals surface area contributed by atoms with E-state index in [1.807, 2.05) is 13.0 Å². The summed E-state index contributed by atoms with van der Waals surface area (Å²) in [5.41, 5.74) is 0.793. The fraction of sp³-hybridized carbons (Fsp3) is 0.357. The highest BCUT2D eigenvalue weighted by Gasteiger charge is 2.25. The Morgan fingerprint density at radius 3 is 2.37 bits per heavy atom. The van der Waals surface area contributed by atoms with E-state index in [1.165, 1.54) is 24.3 Å². The first-order valence-electron chi connectivity index (χ1n) is 6.03. The third kappa shape index (κ3) is 3.81. The Hall–Kier alpha value is -2.35. The lowest BCUT2D eigenvalue weighted by molar-refractivity contribution is -0.140. The van der Waals surface area contributed by atoms with Crippen LogP contribution in [0.25, 0.3) is 0 Å². The van der Waals surface area contributed by atoms with Gasteiger partial charge in [0.15, 0.2) is 0 Å². The number of rotatable bonds is 5. The Morgan fingerprint density at radius 2 is 1.95 bits per heavy atom. The number of hydrogen-bond donors (Lipinski definition) is 2. The van der Waals surface area contributed by atoms with Crippen molar-refractivity contribution < 1.29 is 14.7 Å². The number of nitrogens with one attached hydrogen (secondary N) is 1. The molecule has 0 aliphatic heterocycles. The van der Waals surface area contributed by atoms with E-state index >= 15 is 0 Å². The molecule has 100 valence electrons. The van der Waals surface area contributed by atoms with Gasteiger partial charge in [-0.15, -0.1) is 0 Å². The van der Waals surface area contributed by atoms with Crippen LogP contribution in [-0.2, 0) is 4.79 Å². The van der Waals surface area contributed by atoms with E-state index in [4.69, 9.17) is 10.4 Å². The molecule has 5 heteroatoms. The zero-order valence-electron chi connectivity index (χ0n) is 10.9. The molecular formula is C14H16N2O3. The van der Waals surface area contributed by atoms with Crippen LogP contribution in [-0.4, -0.2) is 23.0 Å². The van der Waals surface area contributed by atoms with Crippen molar-refractivity contribution in [1.82, 2.24) is 5.32 Å². The van der Waals surface area contributed by atoms with Gasteiger partial charge < -0.3 is 10.4 Å². The zero-order chi connectivity index (χ0) is 14.4. The number of carbonyl (C=O) groups is 2. The first kappa shape index (κ1) is 14.7. The molecule has 5 nitrogen and oxygen atoms in total. The maximum absolute atomic E-state index is 11.9. The van der Waals surface area contributed by atoms with Gasteiger partial charge in [-0.25, -0.2) is 4.79 Å². The molecule has 0 bridgehead atoms. The molecule has 19 heavy (non-hydrogen) atoms. The van der Waals surface area contributed by atoms with Gasteiger partial charge in [-0.05, 0) is 30.2 Å². The summed E-state index contributed by atoms with van der Waals surface area (Å²) in [6.45, 7) is 3.65. The summed E-state index contributed by atoms with van der Waals surface area (Å²) in [6.07, 6.45) is 0.657. The van der Waals surface area contributed by atoms with Crippen LogP contribution < -0.4 is 5.32 Å². The first-order chi connectivity index (χ1) is 8.99. The molecule has 2 N–H and O–H groups in total. The van der Waals surface area contributed by atoms with Crippen molar-refractivity contribution in [3.8, 4) is 6.07 Å². The van der Waals surface area contributed by atoms with Gasteiger partial charge in [-0.3, -0.25) is 4.79 Å². The Balaban J connectivity index is 2.82. The average molecular weight is 260 g/mol. The number of nitriles is 1. The molecule has 1 aromatic rings. The smallest absolute Gasteiger partial charge is 0.326 e. The van der Waals surface area contributed by atoms with Crippen molar-refractivity contribution in [3.05, 3.63) is 35.4 Å². The maximum atomic E-state index is 11.9. The van der Waals surface area contributed by atoms with E-state index in [9.17, 15) is 9.59 Å². The molecule has 0 aromatic heterocycles. The number of carboxylic acid groups (broad SMARTS) is 1. The van der Waals surface area contributed by atoms with E-state index in [0.29, 0.717) is 17.5 Å². The van der Waals surface area contributed by atoms with Crippen LogP contribution in [0.1, 0.15) is 36.2 Å². The number of carboxylic acids is 1. The third-order valence-electron chi connectivity index (χ3n) is 3.04. The lowest BCUT2D eigenvalue weighted by atomic mass is 9.99. The Labute approximate surface area is 111 Å². The predicted molar refractivity (Wildman–Crippen MR) is 69.5 cm³/mol. The number of nitrogens with zero attached hydrogens (tertiary/aromatic N) is 1. The second-order valence-electron chi connectivity index (χ2n) is 4.36. The van der Waals surface area contributed by atoms with E-state index in [1.54, 1.807) is 6.92 Å². The summed E-state index contributed by atoms with van der Waals surface area (Å²) in [5, 5.41) is 20.3. The summed E-state index contributed by atoms with van der Waals surface area (Å²) >= 11 is 0. The SMILES string of the molecule is CC[C@H](C)[C@@H](NC(=O)c1ccc(C#N)cc1)C(=O)O. The second-order valence-corrected chi connectivity index (χ2v) is 4.36. The van der Waals surface area contributed by atoms with Gasteiger partial charge in [-0.1, -0.05) is 20.3 Å². The first-order valence-corrected chi connectivity index (χ1v) is 6.03. The molecule has 1 amide bonds. The Bertz CT molecular complexity index is 502. The minimum Gasteiger partial charge on any atom is -0.480 e. The summed E-state index contributed by atoms with van der Waals surface area (Å²) < 4.78 is 0. The number of carbonyl (C=O) groups excluding carboxylic acids is 1. The number of benzene rings is 1. The fourth-order valence-electron chi connectivity index (χ4n) is 1.60. The zero-order valence-corrected chi connectivity index (χ0v) is 10.9. The predicted octanol–water partition coefficient (Wildman–Crippen LogP) is 1.79. The fourth-order valence-corrected chi connectivity index (χ4v) is 1.60. The van der Waals surface area contributed by atoms with Gasteiger partial charge in [0, 0.05) is 5.56 Å². The van der Waals surface area contributed by atoms with Gasteiger partial charge in [0.2, 0.25) is 0 Å². The minimum absolute atomic E-state index is 0.153. The molecule has 0 aliphatic carbocycles. The molecule has 0 saturated carbocycles. The van der Waals surface area contributed by atoms with Crippen molar-refractivity contribution in [2.24, 2.45) is 5.92 Å². The monoisotopic (exact) mass is 260 g/mol. The average Bonchev–Trinajstić information content (AvgIpc) is 2.43. The maximum Gasteiger partial charge on any atom is 0.326 e. The van der Waals surface area contributed by atoms with E-state index in [-0.39, 0.29) is 5.92 Å². The minimum atomic E-state index is -1.05. The number of amides is 1. The Morgan fingerprint density at radius 1 is 1.37 bits per heavy atom. The highest BCUT2D eigenvalue weighted by molar-refractivity contribution is 5.96. The molecule has 0 fully saturated rings. The van der Waals surface area contributed by atoms with Gasteiger partial charge in [0.1, 0.15) is 6.04 Å². The molecule has 0 spiro atoms. The molecule has 0 saturated heterocycles. The third-order valence-corrected chi connectivity index (χ3v) is 3.04. The van der Waals surface area contributed by atoms with Crippen molar-refractivity contribution in [3.63, 3.8) is 0 Å². The lowest BCUT2D eigenvalue weighted by Crippen LogP contribution is -2.45. The Kier molecular flexibility index (Phi) is 5.07. The van der Waals surface area contributed by atoms with Gasteiger partial charge in [0.25, 0.3) is 5.91 Å². The number of aliphatic carboxylic acids is 1. The molecule has 1 rings (SSSR count). The van der Waals surface area contributed by atoms with Crippen LogP contribution in [0.4, 0.5) is 0 Å². The van der Waals surface area contributed by atoms with Crippen LogP contribution in [0.2, 0.25) is 0 Å². The standard InChI is InChI=1S/C14H16N2O3/c1-3-9(2)12(14(18)19)16-13(17)11-6-4-10(8-15)5-7-11/h4-7,9,12H,3H2,1-2H3,(H,16,17)(H,18,19)/t9-,12+/m0/s1. The number of hydrogen-bond acceptors (Lipinski definition) is 3. The molecule has 1 aromatic carbocycles. The highest BCUT2D eigenvalue weighted by Crippen LogP contribution is 2.10. The lowest BCUT2D eigenvalue weighted by Gasteiger charge is -2.20. The van der Waals surface area contributed by atoms with Crippen molar-refractivity contribution in [2.75, 3.05) is 0 Å². The molecule has 0 unspecified atom stereocenters. The van der Waals surface area contributed by atoms with Crippen LogP contribution in [0.3, 0.4) is 0 Å². The quantitative estimate of drug-likeness (QED) is 0.844. The molecule has 0 aliphatic rings. The van der Waals surface area contributed by atoms with Crippen LogP contribution in [0, 0.1) is 17.2 Å². The second kappa shape index (κ2) is 6.55. The van der Waals surface area contributed by atoms with Gasteiger partial charge in [0.05, 0.1) is 11.6 Å². The normalized spacial score (nSPS) is 13.1. The summed E-state index contributed by atoms with van der Waals surface area (Å²) in [4.78, 5) is 23.0. The van der Waals surface area contributed by atoms with Gasteiger partial charge >= 0.3 is 5.97 Å². The topological polar surface area (TPSA) is 90.2 Å². The van der Waals surface area contributed by atoms with Crippen molar-refractivity contribution >= 4 is 11.9 Å². The summed E-state index contributed by atoms with van der Waals surface area (Å²) in [7, 11) is 0. The summed E-state index contributed by atoms with van der Waals surface area (Å²) in [5.74, 6) is -1.65. The largest absolute Gasteiger partial charge is 0.480 e. The molecule has 0 radical (unpaired) electrons. The highest BCUT2D eigenvalue weighted by atomic mass is 16.4.